The first-order chi connectivity index (χ1) is 24.8. The van der Waals surface area contributed by atoms with E-state index in [-0.39, 0.29) is 36.2 Å². The number of nitrogens with one attached hydrogen (secondary N) is 2. The van der Waals surface area contributed by atoms with Gasteiger partial charge in [-0.25, -0.2) is 4.98 Å². The SMILES string of the molecule is Cc1cnc(Nc2ccc3cnccc3c2)cc1N1CC(OC2CCN(CCOc3ccc4c(c3)C(=O)N(C3CCC(=O)NC3=O)C4=O)CC2)C1. The molecule has 51 heavy (non-hydrogen) atoms. The van der Waals surface area contributed by atoms with Crippen molar-refractivity contribution in [3.8, 4) is 5.75 Å². The van der Waals surface area contributed by atoms with Gasteiger partial charge in [-0.3, -0.25) is 39.3 Å². The predicted octanol–water partition coefficient (Wildman–Crippen LogP) is 3.83. The lowest BCUT2D eigenvalue weighted by molar-refractivity contribution is -0.136. The van der Waals surface area contributed by atoms with Crippen molar-refractivity contribution in [3.63, 3.8) is 0 Å². The molecule has 4 aliphatic heterocycles. The molecular weight excluding hydrogens is 650 g/mol. The van der Waals surface area contributed by atoms with Crippen molar-refractivity contribution in [2.75, 3.05) is 49.5 Å². The van der Waals surface area contributed by atoms with Gasteiger partial charge in [0.1, 0.15) is 24.2 Å². The van der Waals surface area contributed by atoms with Crippen LogP contribution < -0.4 is 20.3 Å². The number of fused-ring (bicyclic) bond motifs is 2. The number of hydrogen-bond acceptors (Lipinski definition) is 11. The minimum absolute atomic E-state index is 0.0820. The van der Waals surface area contributed by atoms with Crippen LogP contribution >= 0.6 is 0 Å². The second kappa shape index (κ2) is 13.7. The lowest BCUT2D eigenvalue weighted by atomic mass is 10.0. The minimum Gasteiger partial charge on any atom is -0.492 e. The van der Waals surface area contributed by atoms with E-state index in [2.05, 4.69) is 55.5 Å². The number of pyridine rings is 2. The molecule has 4 aromatic rings. The van der Waals surface area contributed by atoms with E-state index in [0.29, 0.717) is 12.4 Å². The van der Waals surface area contributed by atoms with Gasteiger partial charge in [0.2, 0.25) is 11.8 Å². The Balaban J connectivity index is 0.771. The van der Waals surface area contributed by atoms with Gasteiger partial charge in [0.05, 0.1) is 23.3 Å². The van der Waals surface area contributed by atoms with E-state index >= 15 is 0 Å². The van der Waals surface area contributed by atoms with Gasteiger partial charge in [-0.1, -0.05) is 6.07 Å². The highest BCUT2D eigenvalue weighted by molar-refractivity contribution is 6.23. The quantitative estimate of drug-likeness (QED) is 0.234. The number of nitrogens with zero attached hydrogens (tertiary/aromatic N) is 5. The molecule has 13 heteroatoms. The van der Waals surface area contributed by atoms with Crippen LogP contribution in [0, 0.1) is 6.92 Å². The molecule has 2 N–H and O–H groups in total. The van der Waals surface area contributed by atoms with Crippen LogP contribution in [0.1, 0.15) is 52.0 Å². The number of aryl methyl sites for hydroxylation is 1. The molecule has 2 aromatic heterocycles. The zero-order valence-corrected chi connectivity index (χ0v) is 28.3. The van der Waals surface area contributed by atoms with Crippen LogP contribution in [0.3, 0.4) is 0 Å². The van der Waals surface area contributed by atoms with Gasteiger partial charge >= 0.3 is 0 Å². The summed E-state index contributed by atoms with van der Waals surface area (Å²) in [6, 6.07) is 14.1. The highest BCUT2D eigenvalue weighted by atomic mass is 16.5. The standard InChI is InChI=1S/C38H39N7O6/c1-23-19-40-34(41-26-3-2-25-20-39-11-8-24(25)16-26)18-33(23)44-21-29(22-44)51-27-9-12-43(13-10-27)14-15-50-28-4-5-30-31(17-28)38(49)45(37(30)48)32-6-7-35(46)42-36(32)47/h2-5,8,11,16-20,27,29,32H,6-7,9-10,12-15,21-22H2,1H3,(H,40,41)(H,42,46,47). The molecule has 0 bridgehead atoms. The van der Waals surface area contributed by atoms with Gasteiger partial charge in [0.15, 0.2) is 0 Å². The van der Waals surface area contributed by atoms with Crippen molar-refractivity contribution in [3.05, 3.63) is 83.8 Å². The average molecular weight is 690 g/mol. The van der Waals surface area contributed by atoms with Crippen LogP contribution in [0.15, 0.2) is 67.1 Å². The molecule has 262 valence electrons. The predicted molar refractivity (Wildman–Crippen MR) is 189 cm³/mol. The number of amides is 4. The summed E-state index contributed by atoms with van der Waals surface area (Å²) in [5, 5.41) is 7.89. The topological polar surface area (TPSA) is 146 Å². The fourth-order valence-corrected chi connectivity index (χ4v) is 7.33. The van der Waals surface area contributed by atoms with E-state index in [1.807, 2.05) is 24.5 Å². The van der Waals surface area contributed by atoms with Crippen LogP contribution in [-0.2, 0) is 14.3 Å². The van der Waals surface area contributed by atoms with E-state index in [1.165, 1.54) is 0 Å². The molecule has 3 saturated heterocycles. The fraction of sp³-hybridized carbons (Fsp3) is 0.368. The van der Waals surface area contributed by atoms with Crippen LogP contribution in [0.25, 0.3) is 10.8 Å². The van der Waals surface area contributed by atoms with Crippen molar-refractivity contribution in [2.45, 2.75) is 50.9 Å². The minimum atomic E-state index is -0.989. The van der Waals surface area contributed by atoms with E-state index in [9.17, 15) is 19.2 Å². The Morgan fingerprint density at radius 3 is 2.53 bits per heavy atom. The summed E-state index contributed by atoms with van der Waals surface area (Å²) in [7, 11) is 0. The molecule has 0 saturated carbocycles. The molecule has 4 aliphatic rings. The maximum absolute atomic E-state index is 13.1. The first-order valence-electron chi connectivity index (χ1n) is 17.5. The Labute approximate surface area is 294 Å². The van der Waals surface area contributed by atoms with Crippen LogP contribution in [-0.4, -0.2) is 101 Å². The monoisotopic (exact) mass is 689 g/mol. The molecule has 8 rings (SSSR count). The van der Waals surface area contributed by atoms with Gasteiger partial charge in [0.25, 0.3) is 11.8 Å². The van der Waals surface area contributed by atoms with Gasteiger partial charge in [-0.05, 0) is 73.5 Å². The Hall–Kier alpha value is -5.40. The van der Waals surface area contributed by atoms with E-state index in [1.54, 1.807) is 24.4 Å². The second-order valence-electron chi connectivity index (χ2n) is 13.6. The summed E-state index contributed by atoms with van der Waals surface area (Å²) in [4.78, 5) is 64.4. The third kappa shape index (κ3) is 6.74. The summed E-state index contributed by atoms with van der Waals surface area (Å²) in [6.07, 6.45) is 8.10. The van der Waals surface area contributed by atoms with E-state index in [4.69, 9.17) is 9.47 Å². The van der Waals surface area contributed by atoms with Gasteiger partial charge in [-0.15, -0.1) is 0 Å². The van der Waals surface area contributed by atoms with E-state index < -0.39 is 29.7 Å². The first kappa shape index (κ1) is 32.8. The molecule has 3 fully saturated rings. The number of benzene rings is 2. The molecule has 13 nitrogen and oxygen atoms in total. The lowest BCUT2D eigenvalue weighted by Gasteiger charge is -2.44. The number of anilines is 3. The molecule has 0 spiro atoms. The zero-order chi connectivity index (χ0) is 35.1. The molecular formula is C38H39N7O6. The molecule has 1 unspecified atom stereocenters. The van der Waals surface area contributed by atoms with Crippen molar-refractivity contribution >= 4 is 51.6 Å². The highest BCUT2D eigenvalue weighted by Crippen LogP contribution is 2.32. The number of carbonyl (C=O) groups excluding carboxylic acids is 4. The van der Waals surface area contributed by atoms with Gasteiger partial charge < -0.3 is 19.7 Å². The lowest BCUT2D eigenvalue weighted by Crippen LogP contribution is -2.54. The third-order valence-electron chi connectivity index (χ3n) is 10.2. The first-order valence-corrected chi connectivity index (χ1v) is 17.5. The maximum atomic E-state index is 13.1. The summed E-state index contributed by atoms with van der Waals surface area (Å²) in [6.45, 7) is 6.76. The molecule has 0 radical (unpaired) electrons. The number of likely N-dealkylation sites (tertiary alicyclic amines) is 1. The van der Waals surface area contributed by atoms with Crippen molar-refractivity contribution in [1.29, 1.82) is 0 Å². The second-order valence-corrected chi connectivity index (χ2v) is 13.6. The third-order valence-corrected chi connectivity index (χ3v) is 10.2. The molecule has 6 heterocycles. The van der Waals surface area contributed by atoms with Crippen LogP contribution in [0.5, 0.6) is 5.75 Å². The number of carbonyl (C=O) groups is 4. The molecule has 4 amide bonds. The summed E-state index contributed by atoms with van der Waals surface area (Å²) in [5.74, 6) is -0.797. The van der Waals surface area contributed by atoms with Crippen LogP contribution in [0.4, 0.5) is 17.2 Å². The Kier molecular flexibility index (Phi) is 8.82. The Morgan fingerprint density at radius 1 is 0.882 bits per heavy atom. The molecule has 2 aromatic carbocycles. The smallest absolute Gasteiger partial charge is 0.262 e. The number of aromatic nitrogens is 2. The maximum Gasteiger partial charge on any atom is 0.262 e. The van der Waals surface area contributed by atoms with Crippen molar-refractivity contribution in [2.24, 2.45) is 0 Å². The molecule has 1 atom stereocenters. The normalized spacial score (nSPS) is 20.1. The van der Waals surface area contributed by atoms with Gasteiger partial charge in [0, 0.05) is 80.6 Å². The number of imide groups is 2. The van der Waals surface area contributed by atoms with Crippen molar-refractivity contribution < 1.29 is 28.7 Å². The highest BCUT2D eigenvalue weighted by Gasteiger charge is 2.44. The Morgan fingerprint density at radius 2 is 1.71 bits per heavy atom. The van der Waals surface area contributed by atoms with E-state index in [0.717, 1.165) is 84.0 Å². The summed E-state index contributed by atoms with van der Waals surface area (Å²) < 4.78 is 12.5. The van der Waals surface area contributed by atoms with Crippen molar-refractivity contribution in [1.82, 2.24) is 25.1 Å². The fourth-order valence-electron chi connectivity index (χ4n) is 7.33. The zero-order valence-electron chi connectivity index (χ0n) is 28.3. The summed E-state index contributed by atoms with van der Waals surface area (Å²) in [5.41, 5.74) is 3.73. The molecule has 0 aliphatic carbocycles. The number of hydrogen-bond donors (Lipinski definition) is 2. The van der Waals surface area contributed by atoms with Gasteiger partial charge in [-0.2, -0.15) is 0 Å². The number of ether oxygens (including phenoxy) is 2. The largest absolute Gasteiger partial charge is 0.492 e. The Bertz CT molecular complexity index is 2020. The summed E-state index contributed by atoms with van der Waals surface area (Å²) >= 11 is 0. The number of rotatable bonds is 10. The van der Waals surface area contributed by atoms with Crippen LogP contribution in [0.2, 0.25) is 0 Å². The number of piperidine rings is 2. The average Bonchev–Trinajstić information content (AvgIpc) is 3.36.